The van der Waals surface area contributed by atoms with Crippen molar-refractivity contribution in [1.82, 2.24) is 5.32 Å². The highest BCUT2D eigenvalue weighted by Gasteiger charge is 2.20. The highest BCUT2D eigenvalue weighted by atomic mass is 35.5. The Morgan fingerprint density at radius 2 is 2.06 bits per heavy atom. The number of nitrogens with two attached hydrogens (primary N) is 1. The summed E-state index contributed by atoms with van der Waals surface area (Å²) in [5.74, 6) is 1.83. The van der Waals surface area contributed by atoms with Crippen LogP contribution < -0.4 is 11.1 Å². The Kier molecular flexibility index (Phi) is 9.56. The number of nitrogens with one attached hydrogen (secondary N) is 1. The second-order valence-electron chi connectivity index (χ2n) is 5.05. The first kappa shape index (κ1) is 16.7. The number of halogens is 1. The van der Waals surface area contributed by atoms with Crippen molar-refractivity contribution < 1.29 is 4.79 Å². The maximum Gasteiger partial charge on any atom is 0.220 e. The third-order valence-electron chi connectivity index (χ3n) is 3.73. The molecule has 1 fully saturated rings. The number of carbonyl (C=O) groups excluding carboxylic acids is 1. The van der Waals surface area contributed by atoms with Crippen LogP contribution in [0.3, 0.4) is 0 Å². The molecule has 1 amide bonds. The number of carbonyl (C=O) groups is 1. The van der Waals surface area contributed by atoms with Gasteiger partial charge in [-0.05, 0) is 31.2 Å². The Morgan fingerprint density at radius 1 is 1.35 bits per heavy atom. The predicted molar refractivity (Wildman–Crippen MR) is 74.3 cm³/mol. The monoisotopic (exact) mass is 262 g/mol. The fourth-order valence-electron chi connectivity index (χ4n) is 2.57. The Hall–Kier alpha value is -0.280. The lowest BCUT2D eigenvalue weighted by molar-refractivity contribution is -0.121. The van der Waals surface area contributed by atoms with Gasteiger partial charge >= 0.3 is 0 Å². The molecule has 0 aliphatic heterocycles. The Morgan fingerprint density at radius 3 is 2.71 bits per heavy atom. The Bertz CT molecular complexity index is 212. The van der Waals surface area contributed by atoms with Gasteiger partial charge < -0.3 is 11.1 Å². The number of hydrogen-bond acceptors (Lipinski definition) is 2. The minimum absolute atomic E-state index is 0. The van der Waals surface area contributed by atoms with Crippen molar-refractivity contribution >= 4 is 18.3 Å². The van der Waals surface area contributed by atoms with Gasteiger partial charge in [-0.25, -0.2) is 0 Å². The van der Waals surface area contributed by atoms with Crippen LogP contribution in [0.1, 0.15) is 51.9 Å². The summed E-state index contributed by atoms with van der Waals surface area (Å²) in [4.78, 5) is 11.4. The summed E-state index contributed by atoms with van der Waals surface area (Å²) < 4.78 is 0. The van der Waals surface area contributed by atoms with Crippen LogP contribution in [0.15, 0.2) is 0 Å². The normalized spacial score (nSPS) is 23.9. The van der Waals surface area contributed by atoms with Crippen LogP contribution in [-0.4, -0.2) is 19.0 Å². The third kappa shape index (κ3) is 6.89. The molecular weight excluding hydrogens is 236 g/mol. The van der Waals surface area contributed by atoms with Crippen LogP contribution in [0.5, 0.6) is 0 Å². The zero-order chi connectivity index (χ0) is 11.8. The minimum atomic E-state index is 0. The van der Waals surface area contributed by atoms with Gasteiger partial charge in [0.25, 0.3) is 0 Å². The zero-order valence-corrected chi connectivity index (χ0v) is 11.7. The van der Waals surface area contributed by atoms with Gasteiger partial charge in [-0.3, -0.25) is 4.79 Å². The number of hydrogen-bond donors (Lipinski definition) is 2. The van der Waals surface area contributed by atoms with Crippen LogP contribution in [-0.2, 0) is 4.79 Å². The van der Waals surface area contributed by atoms with Crippen molar-refractivity contribution in [3.8, 4) is 0 Å². The fourth-order valence-corrected chi connectivity index (χ4v) is 2.57. The van der Waals surface area contributed by atoms with Crippen molar-refractivity contribution in [2.75, 3.05) is 13.1 Å². The van der Waals surface area contributed by atoms with Gasteiger partial charge in [0.2, 0.25) is 5.91 Å². The van der Waals surface area contributed by atoms with E-state index in [4.69, 9.17) is 5.73 Å². The molecule has 102 valence electrons. The largest absolute Gasteiger partial charge is 0.356 e. The zero-order valence-electron chi connectivity index (χ0n) is 10.9. The van der Waals surface area contributed by atoms with E-state index in [1.165, 1.54) is 25.7 Å². The molecule has 0 aromatic heterocycles. The topological polar surface area (TPSA) is 55.1 Å². The van der Waals surface area contributed by atoms with Crippen LogP contribution >= 0.6 is 12.4 Å². The molecule has 3 nitrogen and oxygen atoms in total. The smallest absolute Gasteiger partial charge is 0.220 e. The van der Waals surface area contributed by atoms with E-state index >= 15 is 0 Å². The van der Waals surface area contributed by atoms with Crippen molar-refractivity contribution in [2.24, 2.45) is 17.6 Å². The van der Waals surface area contributed by atoms with Crippen molar-refractivity contribution in [3.05, 3.63) is 0 Å². The van der Waals surface area contributed by atoms with E-state index in [1.807, 2.05) is 0 Å². The maximum atomic E-state index is 11.4. The van der Waals surface area contributed by atoms with E-state index in [1.54, 1.807) is 0 Å². The predicted octanol–water partition coefficient (Wildman–Crippen LogP) is 2.48. The number of rotatable bonds is 6. The molecule has 1 saturated carbocycles. The molecule has 1 aliphatic carbocycles. The van der Waals surface area contributed by atoms with Crippen LogP contribution in [0, 0.1) is 11.8 Å². The first-order valence-corrected chi connectivity index (χ1v) is 6.70. The summed E-state index contributed by atoms with van der Waals surface area (Å²) in [7, 11) is 0. The molecule has 17 heavy (non-hydrogen) atoms. The van der Waals surface area contributed by atoms with Crippen molar-refractivity contribution in [2.45, 2.75) is 51.9 Å². The lowest BCUT2D eigenvalue weighted by Crippen LogP contribution is -2.28. The van der Waals surface area contributed by atoms with E-state index in [0.717, 1.165) is 31.2 Å². The van der Waals surface area contributed by atoms with E-state index < -0.39 is 0 Å². The van der Waals surface area contributed by atoms with Crippen LogP contribution in [0.25, 0.3) is 0 Å². The molecular formula is C13H27ClN2O. The van der Waals surface area contributed by atoms with E-state index in [-0.39, 0.29) is 18.3 Å². The van der Waals surface area contributed by atoms with Gasteiger partial charge in [0.1, 0.15) is 0 Å². The lowest BCUT2D eigenvalue weighted by Gasteiger charge is -2.28. The molecule has 0 radical (unpaired) electrons. The average molecular weight is 263 g/mol. The summed E-state index contributed by atoms with van der Waals surface area (Å²) in [6, 6.07) is 0. The molecule has 0 bridgehead atoms. The standard InChI is InChI=1S/C13H26N2O.ClH/c1-11-5-2-3-6-12(11)8-10-15-13(16)7-4-9-14;/h11-12H,2-10,14H2,1H3,(H,15,16);1H. The van der Waals surface area contributed by atoms with Crippen molar-refractivity contribution in [1.29, 1.82) is 0 Å². The van der Waals surface area contributed by atoms with Gasteiger partial charge in [0.15, 0.2) is 0 Å². The number of amides is 1. The molecule has 0 saturated heterocycles. The molecule has 0 aromatic carbocycles. The molecule has 2 atom stereocenters. The van der Waals surface area contributed by atoms with Gasteiger partial charge in [-0.15, -0.1) is 12.4 Å². The van der Waals surface area contributed by atoms with E-state index in [2.05, 4.69) is 12.2 Å². The molecule has 1 aliphatic rings. The first-order valence-electron chi connectivity index (χ1n) is 6.70. The molecule has 0 heterocycles. The summed E-state index contributed by atoms with van der Waals surface area (Å²) in [6.07, 6.45) is 8.00. The quantitative estimate of drug-likeness (QED) is 0.773. The maximum absolute atomic E-state index is 11.4. The molecule has 4 heteroatoms. The van der Waals surface area contributed by atoms with Gasteiger partial charge in [0, 0.05) is 13.0 Å². The highest BCUT2D eigenvalue weighted by Crippen LogP contribution is 2.31. The Labute approximate surface area is 111 Å². The van der Waals surface area contributed by atoms with Gasteiger partial charge in [-0.2, -0.15) is 0 Å². The summed E-state index contributed by atoms with van der Waals surface area (Å²) in [6.45, 7) is 3.80. The van der Waals surface area contributed by atoms with E-state index in [0.29, 0.717) is 13.0 Å². The SMILES string of the molecule is CC1CCCCC1CCNC(=O)CCCN.Cl. The van der Waals surface area contributed by atoms with Crippen LogP contribution in [0.4, 0.5) is 0 Å². The van der Waals surface area contributed by atoms with Crippen molar-refractivity contribution in [3.63, 3.8) is 0 Å². The molecule has 0 spiro atoms. The average Bonchev–Trinajstić information content (AvgIpc) is 2.29. The van der Waals surface area contributed by atoms with E-state index in [9.17, 15) is 4.79 Å². The molecule has 0 aromatic rings. The third-order valence-corrected chi connectivity index (χ3v) is 3.73. The minimum Gasteiger partial charge on any atom is -0.356 e. The van der Waals surface area contributed by atoms with Crippen LogP contribution in [0.2, 0.25) is 0 Å². The molecule has 2 unspecified atom stereocenters. The summed E-state index contributed by atoms with van der Waals surface area (Å²) in [5.41, 5.74) is 5.36. The second-order valence-corrected chi connectivity index (χ2v) is 5.05. The summed E-state index contributed by atoms with van der Waals surface area (Å²) >= 11 is 0. The van der Waals surface area contributed by atoms with Gasteiger partial charge in [0.05, 0.1) is 0 Å². The molecule has 3 N–H and O–H groups in total. The Balaban J connectivity index is 0.00000256. The fraction of sp³-hybridized carbons (Fsp3) is 0.923. The highest BCUT2D eigenvalue weighted by molar-refractivity contribution is 5.85. The summed E-state index contributed by atoms with van der Waals surface area (Å²) in [5, 5.41) is 2.99. The second kappa shape index (κ2) is 9.72. The lowest BCUT2D eigenvalue weighted by atomic mass is 9.79. The van der Waals surface area contributed by atoms with Gasteiger partial charge in [-0.1, -0.05) is 32.6 Å². The molecule has 1 rings (SSSR count). The first-order chi connectivity index (χ1) is 7.74.